The van der Waals surface area contributed by atoms with Crippen molar-refractivity contribution in [2.75, 3.05) is 12.8 Å². The molecule has 2 aromatic rings. The van der Waals surface area contributed by atoms with Gasteiger partial charge in [-0.05, 0) is 30.2 Å². The largest absolute Gasteiger partial charge is 0.494 e. The summed E-state index contributed by atoms with van der Waals surface area (Å²) in [6.07, 6.45) is 0.790. The monoisotopic (exact) mass is 295 g/mol. The molecule has 0 aliphatic rings. The summed E-state index contributed by atoms with van der Waals surface area (Å²) in [4.78, 5) is 0. The van der Waals surface area contributed by atoms with Crippen molar-refractivity contribution < 1.29 is 13.9 Å². The lowest BCUT2D eigenvalue weighted by Gasteiger charge is -2.12. The van der Waals surface area contributed by atoms with E-state index in [2.05, 4.69) is 0 Å². The molecule has 20 heavy (non-hydrogen) atoms. The first-order chi connectivity index (χ1) is 9.55. The number of ether oxygens (including phenoxy) is 2. The Labute approximate surface area is 122 Å². The van der Waals surface area contributed by atoms with Crippen molar-refractivity contribution in [3.05, 3.63) is 46.7 Å². The first kappa shape index (κ1) is 14.5. The number of methoxy groups -OCH3 is 1. The highest BCUT2D eigenvalue weighted by atomic mass is 35.5. The lowest BCUT2D eigenvalue weighted by atomic mass is 10.1. The average Bonchev–Trinajstić information content (AvgIpc) is 2.43. The molecule has 0 aromatic heterocycles. The molecule has 2 aromatic carbocycles. The van der Waals surface area contributed by atoms with E-state index in [4.69, 9.17) is 26.8 Å². The summed E-state index contributed by atoms with van der Waals surface area (Å²) in [6, 6.07) is 7.91. The van der Waals surface area contributed by atoms with Gasteiger partial charge in [0.15, 0.2) is 17.3 Å². The molecular weight excluding hydrogens is 281 g/mol. The summed E-state index contributed by atoms with van der Waals surface area (Å²) in [5, 5.41) is 0.685. The average molecular weight is 296 g/mol. The Balaban J connectivity index is 2.34. The summed E-state index contributed by atoms with van der Waals surface area (Å²) in [5.74, 6) is 0.487. The first-order valence-electron chi connectivity index (χ1n) is 6.14. The van der Waals surface area contributed by atoms with Crippen LogP contribution in [-0.4, -0.2) is 7.11 Å². The molecule has 0 amide bonds. The molecule has 0 saturated heterocycles. The van der Waals surface area contributed by atoms with Gasteiger partial charge in [0, 0.05) is 17.2 Å². The van der Waals surface area contributed by atoms with E-state index in [-0.39, 0.29) is 11.4 Å². The van der Waals surface area contributed by atoms with Crippen LogP contribution in [0.15, 0.2) is 30.3 Å². The number of nitrogen functional groups attached to an aromatic ring is 1. The predicted molar refractivity (Wildman–Crippen MR) is 78.3 cm³/mol. The van der Waals surface area contributed by atoms with Crippen LogP contribution in [-0.2, 0) is 6.42 Å². The molecule has 0 aliphatic carbocycles. The van der Waals surface area contributed by atoms with Gasteiger partial charge in [-0.2, -0.15) is 0 Å². The van der Waals surface area contributed by atoms with Gasteiger partial charge in [0.05, 0.1) is 12.8 Å². The topological polar surface area (TPSA) is 44.5 Å². The number of rotatable bonds is 4. The molecular formula is C15H15ClFNO2. The van der Waals surface area contributed by atoms with Crippen LogP contribution in [0.2, 0.25) is 5.02 Å². The van der Waals surface area contributed by atoms with Crippen LogP contribution in [0, 0.1) is 5.82 Å². The minimum atomic E-state index is -0.525. The quantitative estimate of drug-likeness (QED) is 0.849. The van der Waals surface area contributed by atoms with E-state index in [1.807, 2.05) is 13.0 Å². The van der Waals surface area contributed by atoms with Gasteiger partial charge in [-0.25, -0.2) is 4.39 Å². The van der Waals surface area contributed by atoms with Crippen LogP contribution >= 0.6 is 11.6 Å². The Morgan fingerprint density at radius 1 is 1.20 bits per heavy atom. The third-order valence-electron chi connectivity index (χ3n) is 2.91. The maximum atomic E-state index is 13.5. The Hall–Kier alpha value is -1.94. The molecule has 0 atom stereocenters. The molecule has 2 rings (SSSR count). The van der Waals surface area contributed by atoms with Crippen molar-refractivity contribution in [1.82, 2.24) is 0 Å². The van der Waals surface area contributed by atoms with Crippen molar-refractivity contribution in [2.45, 2.75) is 13.3 Å². The van der Waals surface area contributed by atoms with Gasteiger partial charge in [-0.3, -0.25) is 0 Å². The highest BCUT2D eigenvalue weighted by Crippen LogP contribution is 2.34. The second kappa shape index (κ2) is 6.01. The highest BCUT2D eigenvalue weighted by molar-refractivity contribution is 6.31. The molecule has 0 radical (unpaired) electrons. The molecule has 3 nitrogen and oxygen atoms in total. The van der Waals surface area contributed by atoms with Crippen LogP contribution in [0.25, 0.3) is 0 Å². The molecule has 0 fully saturated rings. The minimum absolute atomic E-state index is 0.0823. The number of nitrogens with two attached hydrogens (primary N) is 1. The molecule has 0 saturated carbocycles. The van der Waals surface area contributed by atoms with Crippen LogP contribution in [0.5, 0.6) is 17.2 Å². The maximum Gasteiger partial charge on any atom is 0.167 e. The molecule has 0 aliphatic heterocycles. The zero-order valence-corrected chi connectivity index (χ0v) is 12.0. The highest BCUT2D eigenvalue weighted by Gasteiger charge is 2.11. The molecule has 106 valence electrons. The predicted octanol–water partition coefficient (Wildman–Crippen LogP) is 4.42. The molecule has 2 N–H and O–H groups in total. The number of benzene rings is 2. The van der Waals surface area contributed by atoms with E-state index in [9.17, 15) is 4.39 Å². The molecule has 0 bridgehead atoms. The van der Waals surface area contributed by atoms with Crippen molar-refractivity contribution >= 4 is 17.3 Å². The summed E-state index contributed by atoms with van der Waals surface area (Å²) in [6.45, 7) is 2.00. The van der Waals surface area contributed by atoms with Gasteiger partial charge >= 0.3 is 0 Å². The lowest BCUT2D eigenvalue weighted by Crippen LogP contribution is -1.96. The van der Waals surface area contributed by atoms with E-state index in [1.54, 1.807) is 12.1 Å². The van der Waals surface area contributed by atoms with E-state index in [0.29, 0.717) is 16.5 Å². The number of hydrogen-bond acceptors (Lipinski definition) is 3. The van der Waals surface area contributed by atoms with Gasteiger partial charge in [0.1, 0.15) is 5.75 Å². The van der Waals surface area contributed by atoms with Crippen LogP contribution in [0.4, 0.5) is 10.1 Å². The molecule has 0 unspecified atom stereocenters. The standard InChI is InChI=1S/C15H15ClFNO2/c1-3-9-6-10(4-5-11(9)16)20-15-8-14(19-2)12(17)7-13(15)18/h4-8H,3,18H2,1-2H3. The number of hydrogen-bond donors (Lipinski definition) is 1. The van der Waals surface area contributed by atoms with Crippen molar-refractivity contribution in [3.8, 4) is 17.2 Å². The fourth-order valence-electron chi connectivity index (χ4n) is 1.81. The second-order valence-electron chi connectivity index (χ2n) is 4.23. The fraction of sp³-hybridized carbons (Fsp3) is 0.200. The SMILES string of the molecule is CCc1cc(Oc2cc(OC)c(F)cc2N)ccc1Cl. The second-order valence-corrected chi connectivity index (χ2v) is 4.64. The zero-order valence-electron chi connectivity index (χ0n) is 11.2. The Kier molecular flexibility index (Phi) is 4.35. The van der Waals surface area contributed by atoms with Crippen molar-refractivity contribution in [3.63, 3.8) is 0 Å². The summed E-state index contributed by atoms with van der Waals surface area (Å²) in [5.41, 5.74) is 6.92. The zero-order chi connectivity index (χ0) is 14.7. The molecule has 0 heterocycles. The van der Waals surface area contributed by atoms with E-state index in [0.717, 1.165) is 12.0 Å². The number of anilines is 1. The van der Waals surface area contributed by atoms with Crippen LogP contribution < -0.4 is 15.2 Å². The van der Waals surface area contributed by atoms with Gasteiger partial charge in [0.25, 0.3) is 0 Å². The van der Waals surface area contributed by atoms with E-state index < -0.39 is 5.82 Å². The summed E-state index contributed by atoms with van der Waals surface area (Å²) in [7, 11) is 1.38. The Morgan fingerprint density at radius 2 is 1.95 bits per heavy atom. The van der Waals surface area contributed by atoms with Gasteiger partial charge in [0.2, 0.25) is 0 Å². The van der Waals surface area contributed by atoms with E-state index in [1.165, 1.54) is 19.2 Å². The van der Waals surface area contributed by atoms with E-state index >= 15 is 0 Å². The van der Waals surface area contributed by atoms with Crippen LogP contribution in [0.1, 0.15) is 12.5 Å². The number of aryl methyl sites for hydroxylation is 1. The number of halogens is 2. The summed E-state index contributed by atoms with van der Waals surface area (Å²) >= 11 is 6.05. The minimum Gasteiger partial charge on any atom is -0.494 e. The summed E-state index contributed by atoms with van der Waals surface area (Å²) < 4.78 is 24.0. The fourth-order valence-corrected chi connectivity index (χ4v) is 2.06. The molecule has 5 heteroatoms. The smallest absolute Gasteiger partial charge is 0.167 e. The van der Waals surface area contributed by atoms with Crippen molar-refractivity contribution in [1.29, 1.82) is 0 Å². The normalized spacial score (nSPS) is 10.4. The molecule has 0 spiro atoms. The third kappa shape index (κ3) is 2.96. The lowest BCUT2D eigenvalue weighted by molar-refractivity contribution is 0.382. The Bertz CT molecular complexity index is 632. The van der Waals surface area contributed by atoms with Gasteiger partial charge in [-0.15, -0.1) is 0 Å². The van der Waals surface area contributed by atoms with Crippen molar-refractivity contribution in [2.24, 2.45) is 0 Å². The third-order valence-corrected chi connectivity index (χ3v) is 3.28. The van der Waals surface area contributed by atoms with Gasteiger partial charge < -0.3 is 15.2 Å². The Morgan fingerprint density at radius 3 is 2.60 bits per heavy atom. The maximum absolute atomic E-state index is 13.5. The first-order valence-corrected chi connectivity index (χ1v) is 6.52. The van der Waals surface area contributed by atoms with Gasteiger partial charge in [-0.1, -0.05) is 18.5 Å². The van der Waals surface area contributed by atoms with Crippen LogP contribution in [0.3, 0.4) is 0 Å².